The van der Waals surface area contributed by atoms with Crippen molar-refractivity contribution < 1.29 is 9.53 Å². The summed E-state index contributed by atoms with van der Waals surface area (Å²) in [7, 11) is 0. The molecule has 0 heterocycles. The first kappa shape index (κ1) is 16.0. The Bertz CT molecular complexity index is 679. The number of carbonyl (C=O) groups excluding carboxylic acids is 1. The normalized spacial score (nSPS) is 10.7. The lowest BCUT2D eigenvalue weighted by atomic mass is 10.1. The zero-order valence-corrected chi connectivity index (χ0v) is 13.2. The summed E-state index contributed by atoms with van der Waals surface area (Å²) in [6, 6.07) is 13.0. The maximum atomic E-state index is 11.7. The van der Waals surface area contributed by atoms with Crippen molar-refractivity contribution in [2.24, 2.45) is 5.10 Å². The fourth-order valence-corrected chi connectivity index (χ4v) is 2.14. The van der Waals surface area contributed by atoms with Crippen LogP contribution in [0.25, 0.3) is 0 Å². The third-order valence-corrected chi connectivity index (χ3v) is 3.21. The van der Waals surface area contributed by atoms with E-state index in [-0.39, 0.29) is 12.5 Å². The van der Waals surface area contributed by atoms with Gasteiger partial charge in [0.2, 0.25) is 0 Å². The van der Waals surface area contributed by atoms with Crippen molar-refractivity contribution in [3.05, 3.63) is 64.2 Å². The van der Waals surface area contributed by atoms with E-state index in [4.69, 9.17) is 16.3 Å². The molecular weight excluding hydrogens is 300 g/mol. The molecule has 0 unspecified atom stereocenters. The summed E-state index contributed by atoms with van der Waals surface area (Å²) in [6.45, 7) is 3.87. The summed E-state index contributed by atoms with van der Waals surface area (Å²) in [6.07, 6.45) is 1.50. The Balaban J connectivity index is 1.84. The van der Waals surface area contributed by atoms with Crippen molar-refractivity contribution in [2.75, 3.05) is 6.61 Å². The van der Waals surface area contributed by atoms with Crippen LogP contribution in [0.5, 0.6) is 5.75 Å². The van der Waals surface area contributed by atoms with Gasteiger partial charge in [-0.25, -0.2) is 5.43 Å². The first-order chi connectivity index (χ1) is 10.5. The largest absolute Gasteiger partial charge is 0.484 e. The van der Waals surface area contributed by atoms with E-state index in [1.54, 1.807) is 6.07 Å². The van der Waals surface area contributed by atoms with Crippen LogP contribution in [-0.2, 0) is 4.79 Å². The first-order valence-corrected chi connectivity index (χ1v) is 7.20. The second-order valence-electron chi connectivity index (χ2n) is 4.93. The van der Waals surface area contributed by atoms with Gasteiger partial charge >= 0.3 is 0 Å². The zero-order chi connectivity index (χ0) is 15.9. The van der Waals surface area contributed by atoms with Crippen LogP contribution in [0.3, 0.4) is 0 Å². The number of rotatable bonds is 5. The number of amides is 1. The summed E-state index contributed by atoms with van der Waals surface area (Å²) in [5, 5.41) is 4.44. The second kappa shape index (κ2) is 7.61. The zero-order valence-electron chi connectivity index (χ0n) is 12.5. The second-order valence-corrected chi connectivity index (χ2v) is 5.33. The monoisotopic (exact) mass is 316 g/mol. The lowest BCUT2D eigenvalue weighted by Gasteiger charge is -2.07. The van der Waals surface area contributed by atoms with Crippen LogP contribution in [0.1, 0.15) is 16.7 Å². The van der Waals surface area contributed by atoms with E-state index in [2.05, 4.69) is 10.5 Å². The average molecular weight is 317 g/mol. The molecule has 0 aliphatic rings. The maximum Gasteiger partial charge on any atom is 0.277 e. The van der Waals surface area contributed by atoms with Crippen molar-refractivity contribution in [1.29, 1.82) is 0 Å². The molecule has 0 saturated carbocycles. The van der Waals surface area contributed by atoms with Gasteiger partial charge in [-0.1, -0.05) is 35.9 Å². The Kier molecular flexibility index (Phi) is 5.55. The molecule has 0 radical (unpaired) electrons. The molecule has 5 heteroatoms. The molecule has 0 spiro atoms. The highest BCUT2D eigenvalue weighted by molar-refractivity contribution is 6.33. The van der Waals surface area contributed by atoms with E-state index in [0.29, 0.717) is 10.8 Å². The molecule has 0 fully saturated rings. The highest BCUT2D eigenvalue weighted by Crippen LogP contribution is 2.16. The van der Waals surface area contributed by atoms with Gasteiger partial charge in [0.25, 0.3) is 5.91 Å². The molecule has 22 heavy (non-hydrogen) atoms. The number of carbonyl (C=O) groups is 1. The predicted molar refractivity (Wildman–Crippen MR) is 88.6 cm³/mol. The summed E-state index contributed by atoms with van der Waals surface area (Å²) in [4.78, 5) is 11.7. The van der Waals surface area contributed by atoms with Gasteiger partial charge in [0.1, 0.15) is 5.75 Å². The van der Waals surface area contributed by atoms with E-state index in [1.165, 1.54) is 6.21 Å². The van der Waals surface area contributed by atoms with Crippen LogP contribution >= 0.6 is 11.6 Å². The van der Waals surface area contributed by atoms with Gasteiger partial charge in [-0.15, -0.1) is 0 Å². The molecule has 0 aliphatic carbocycles. The van der Waals surface area contributed by atoms with Crippen molar-refractivity contribution in [3.63, 3.8) is 0 Å². The summed E-state index contributed by atoms with van der Waals surface area (Å²) < 4.78 is 5.44. The molecule has 4 nitrogen and oxygen atoms in total. The summed E-state index contributed by atoms with van der Waals surface area (Å²) in [5.74, 6) is 0.338. The van der Waals surface area contributed by atoms with Gasteiger partial charge in [-0.2, -0.15) is 5.10 Å². The van der Waals surface area contributed by atoms with Gasteiger partial charge in [0.05, 0.1) is 6.21 Å². The molecule has 0 aromatic heterocycles. The Hall–Kier alpha value is -2.33. The van der Waals surface area contributed by atoms with Crippen LogP contribution < -0.4 is 10.2 Å². The molecule has 0 saturated heterocycles. The number of halogens is 1. The Morgan fingerprint density at radius 1 is 1.23 bits per heavy atom. The lowest BCUT2D eigenvalue weighted by molar-refractivity contribution is -0.123. The van der Waals surface area contributed by atoms with Gasteiger partial charge < -0.3 is 4.74 Å². The molecule has 114 valence electrons. The van der Waals surface area contributed by atoms with Crippen LogP contribution in [0, 0.1) is 13.8 Å². The average Bonchev–Trinajstić information content (AvgIpc) is 2.46. The van der Waals surface area contributed by atoms with E-state index < -0.39 is 0 Å². The number of hydrazone groups is 1. The van der Waals surface area contributed by atoms with Crippen molar-refractivity contribution in [2.45, 2.75) is 13.8 Å². The molecular formula is C17H17ClN2O2. The molecule has 2 rings (SSSR count). The first-order valence-electron chi connectivity index (χ1n) is 6.82. The maximum absolute atomic E-state index is 11.7. The van der Waals surface area contributed by atoms with Crippen LogP contribution in [-0.4, -0.2) is 18.7 Å². The van der Waals surface area contributed by atoms with Crippen LogP contribution in [0.2, 0.25) is 5.02 Å². The predicted octanol–water partition coefficient (Wildman–Crippen LogP) is 3.49. The quantitative estimate of drug-likeness (QED) is 0.678. The minimum Gasteiger partial charge on any atom is -0.484 e. The number of aryl methyl sites for hydroxylation is 2. The number of hydrogen-bond donors (Lipinski definition) is 1. The molecule has 0 bridgehead atoms. The van der Waals surface area contributed by atoms with E-state index in [1.807, 2.05) is 50.2 Å². The van der Waals surface area contributed by atoms with E-state index in [0.717, 1.165) is 16.7 Å². The molecule has 0 atom stereocenters. The summed E-state index contributed by atoms with van der Waals surface area (Å²) in [5.41, 5.74) is 5.32. The highest BCUT2D eigenvalue weighted by atomic mass is 35.5. The number of benzene rings is 2. The van der Waals surface area contributed by atoms with Crippen LogP contribution in [0.4, 0.5) is 0 Å². The molecule has 1 amide bonds. The van der Waals surface area contributed by atoms with Crippen molar-refractivity contribution >= 4 is 23.7 Å². The van der Waals surface area contributed by atoms with Crippen molar-refractivity contribution in [3.8, 4) is 5.75 Å². The molecule has 2 aromatic rings. The Morgan fingerprint density at radius 2 is 1.91 bits per heavy atom. The molecule has 0 aliphatic heterocycles. The Labute approximate surface area is 134 Å². The van der Waals surface area contributed by atoms with Gasteiger partial charge in [0, 0.05) is 10.6 Å². The Morgan fingerprint density at radius 3 is 2.59 bits per heavy atom. The fourth-order valence-electron chi connectivity index (χ4n) is 1.95. The standard InChI is InChI=1S/C17H17ClN2O2/c1-12-7-13(2)9-15(8-12)22-11-17(21)20-19-10-14-5-3-4-6-16(14)18/h3-10H,11H2,1-2H3,(H,20,21). The van der Waals surface area contributed by atoms with E-state index >= 15 is 0 Å². The molecule has 1 N–H and O–H groups in total. The van der Waals surface area contributed by atoms with Gasteiger partial charge in [-0.05, 0) is 43.2 Å². The third-order valence-electron chi connectivity index (χ3n) is 2.86. The van der Waals surface area contributed by atoms with Gasteiger partial charge in [-0.3, -0.25) is 4.79 Å². The minimum atomic E-state index is -0.331. The number of hydrogen-bond acceptors (Lipinski definition) is 3. The minimum absolute atomic E-state index is 0.0945. The smallest absolute Gasteiger partial charge is 0.277 e. The fraction of sp³-hybridized carbons (Fsp3) is 0.176. The molecule has 2 aromatic carbocycles. The summed E-state index contributed by atoms with van der Waals surface area (Å²) >= 11 is 5.98. The van der Waals surface area contributed by atoms with Gasteiger partial charge in [0.15, 0.2) is 6.61 Å². The third kappa shape index (κ3) is 4.90. The topological polar surface area (TPSA) is 50.7 Å². The van der Waals surface area contributed by atoms with E-state index in [9.17, 15) is 4.79 Å². The van der Waals surface area contributed by atoms with Crippen LogP contribution in [0.15, 0.2) is 47.6 Å². The lowest BCUT2D eigenvalue weighted by Crippen LogP contribution is -2.24. The number of nitrogens with zero attached hydrogens (tertiary/aromatic N) is 1. The number of nitrogens with one attached hydrogen (secondary N) is 1. The number of ether oxygens (including phenoxy) is 1. The van der Waals surface area contributed by atoms with Crippen molar-refractivity contribution in [1.82, 2.24) is 5.43 Å². The highest BCUT2D eigenvalue weighted by Gasteiger charge is 2.02. The SMILES string of the molecule is Cc1cc(C)cc(OCC(=O)NN=Cc2ccccc2Cl)c1.